The quantitative estimate of drug-likeness (QED) is 0.644. The first-order valence-electron chi connectivity index (χ1n) is 8.99. The van der Waals surface area contributed by atoms with Crippen molar-refractivity contribution in [1.82, 2.24) is 9.88 Å². The first kappa shape index (κ1) is 19.8. The molecule has 2 heterocycles. The fraction of sp³-hybridized carbons (Fsp3) is 0.286. The molecule has 0 radical (unpaired) electrons. The molecular formula is C21H22N2O4S. The molecule has 2 aromatic heterocycles. The van der Waals surface area contributed by atoms with Gasteiger partial charge in [-0.2, -0.15) is 0 Å². The van der Waals surface area contributed by atoms with E-state index in [2.05, 4.69) is 4.98 Å². The summed E-state index contributed by atoms with van der Waals surface area (Å²) >= 11 is 1.55. The van der Waals surface area contributed by atoms with Gasteiger partial charge in [-0.05, 0) is 13.8 Å². The number of aryl methyl sites for hydroxylation is 2. The van der Waals surface area contributed by atoms with Crippen LogP contribution >= 0.6 is 11.3 Å². The zero-order chi connectivity index (χ0) is 20.4. The van der Waals surface area contributed by atoms with Gasteiger partial charge in [0.2, 0.25) is 0 Å². The van der Waals surface area contributed by atoms with Crippen LogP contribution in [0.25, 0.3) is 10.6 Å². The lowest BCUT2D eigenvalue weighted by molar-refractivity contribution is 0.0689. The van der Waals surface area contributed by atoms with Gasteiger partial charge in [-0.25, -0.2) is 9.78 Å². The third kappa shape index (κ3) is 3.71. The Hall–Kier alpha value is -2.93. The third-order valence-electron chi connectivity index (χ3n) is 4.71. The number of nitrogens with zero attached hydrogens (tertiary/aromatic N) is 2. The number of carboxylic acid groups (broad SMARTS) is 1. The maximum Gasteiger partial charge on any atom is 0.339 e. The Morgan fingerprint density at radius 1 is 1.29 bits per heavy atom. The molecule has 1 amide bonds. The molecule has 3 rings (SSSR count). The minimum absolute atomic E-state index is 0.0345. The largest absolute Gasteiger partial charge is 0.478 e. The number of furan rings is 1. The number of aromatic nitrogens is 1. The Morgan fingerprint density at radius 2 is 1.96 bits per heavy atom. The molecule has 1 unspecified atom stereocenters. The average molecular weight is 398 g/mol. The number of hydrogen-bond acceptors (Lipinski definition) is 5. The summed E-state index contributed by atoms with van der Waals surface area (Å²) in [7, 11) is 1.68. The minimum Gasteiger partial charge on any atom is -0.478 e. The number of aromatic carboxylic acids is 1. The van der Waals surface area contributed by atoms with Gasteiger partial charge in [-0.15, -0.1) is 11.3 Å². The zero-order valence-corrected chi connectivity index (χ0v) is 17.0. The molecule has 0 aliphatic rings. The van der Waals surface area contributed by atoms with Gasteiger partial charge in [0.15, 0.2) is 5.76 Å². The summed E-state index contributed by atoms with van der Waals surface area (Å²) < 4.78 is 5.51. The molecule has 0 bridgehead atoms. The van der Waals surface area contributed by atoms with E-state index < -0.39 is 5.97 Å². The molecule has 0 aliphatic carbocycles. The first-order valence-corrected chi connectivity index (χ1v) is 9.81. The number of carbonyl (C=O) groups is 2. The Kier molecular flexibility index (Phi) is 5.65. The summed E-state index contributed by atoms with van der Waals surface area (Å²) in [6.07, 6.45) is 0.405. The van der Waals surface area contributed by atoms with E-state index in [-0.39, 0.29) is 23.3 Å². The van der Waals surface area contributed by atoms with Crippen molar-refractivity contribution in [3.05, 3.63) is 64.1 Å². The molecule has 1 atom stereocenters. The van der Waals surface area contributed by atoms with Crippen LogP contribution in [0.1, 0.15) is 57.1 Å². The number of hydrogen-bond donors (Lipinski definition) is 1. The second-order valence-corrected chi connectivity index (χ2v) is 7.56. The molecule has 0 spiro atoms. The number of rotatable bonds is 6. The van der Waals surface area contributed by atoms with Gasteiger partial charge in [0.25, 0.3) is 5.91 Å². The van der Waals surface area contributed by atoms with Crippen LogP contribution in [-0.4, -0.2) is 33.9 Å². The number of benzene rings is 1. The standard InChI is InChI=1S/C21H22N2O4S/c1-5-16-15(21(25)26)11-17(27-16)20(24)23(4)13(3)18-12(2)22-19(28-18)14-9-7-6-8-10-14/h6-11,13H,5H2,1-4H3,(H,25,26). The van der Waals surface area contributed by atoms with Crippen LogP contribution in [0.4, 0.5) is 0 Å². The number of carbonyl (C=O) groups excluding carboxylic acids is 1. The van der Waals surface area contributed by atoms with Crippen LogP contribution in [-0.2, 0) is 6.42 Å². The van der Waals surface area contributed by atoms with E-state index in [1.54, 1.807) is 30.2 Å². The molecule has 0 fully saturated rings. The van der Waals surface area contributed by atoms with Crippen molar-refractivity contribution in [2.45, 2.75) is 33.2 Å². The normalized spacial score (nSPS) is 12.0. The predicted molar refractivity (Wildman–Crippen MR) is 108 cm³/mol. The monoisotopic (exact) mass is 398 g/mol. The Labute approximate surface area is 167 Å². The molecule has 0 saturated heterocycles. The van der Waals surface area contributed by atoms with Crippen molar-refractivity contribution in [3.8, 4) is 10.6 Å². The maximum atomic E-state index is 12.9. The number of amides is 1. The molecule has 3 aromatic rings. The topological polar surface area (TPSA) is 83.6 Å². The Morgan fingerprint density at radius 3 is 2.54 bits per heavy atom. The van der Waals surface area contributed by atoms with Crippen molar-refractivity contribution in [1.29, 1.82) is 0 Å². The highest BCUT2D eigenvalue weighted by atomic mass is 32.1. The van der Waals surface area contributed by atoms with Gasteiger partial charge in [0.1, 0.15) is 16.3 Å². The summed E-state index contributed by atoms with van der Waals surface area (Å²) in [5.41, 5.74) is 1.94. The lowest BCUT2D eigenvalue weighted by Crippen LogP contribution is -2.29. The van der Waals surface area contributed by atoms with Crippen molar-refractivity contribution in [2.75, 3.05) is 7.05 Å². The molecule has 28 heavy (non-hydrogen) atoms. The van der Waals surface area contributed by atoms with Gasteiger partial charge in [-0.3, -0.25) is 4.79 Å². The van der Waals surface area contributed by atoms with Gasteiger partial charge in [0.05, 0.1) is 16.6 Å². The van der Waals surface area contributed by atoms with Crippen LogP contribution in [0, 0.1) is 6.92 Å². The van der Waals surface area contributed by atoms with Crippen molar-refractivity contribution in [2.24, 2.45) is 0 Å². The summed E-state index contributed by atoms with van der Waals surface area (Å²) in [5, 5.41) is 10.2. The van der Waals surface area contributed by atoms with Crippen molar-refractivity contribution in [3.63, 3.8) is 0 Å². The fourth-order valence-corrected chi connectivity index (χ4v) is 4.17. The summed E-state index contributed by atoms with van der Waals surface area (Å²) in [4.78, 5) is 31.4. The molecule has 1 N–H and O–H groups in total. The second kappa shape index (κ2) is 7.98. The van der Waals surface area contributed by atoms with E-state index in [1.165, 1.54) is 6.07 Å². The van der Waals surface area contributed by atoms with E-state index in [1.807, 2.05) is 44.2 Å². The van der Waals surface area contributed by atoms with Crippen molar-refractivity contribution >= 4 is 23.2 Å². The maximum absolute atomic E-state index is 12.9. The highest BCUT2D eigenvalue weighted by Crippen LogP contribution is 2.34. The smallest absolute Gasteiger partial charge is 0.339 e. The molecule has 0 saturated carbocycles. The molecule has 6 nitrogen and oxygen atoms in total. The molecule has 1 aromatic carbocycles. The van der Waals surface area contributed by atoms with Crippen molar-refractivity contribution < 1.29 is 19.1 Å². The molecule has 146 valence electrons. The zero-order valence-electron chi connectivity index (χ0n) is 16.2. The fourth-order valence-electron chi connectivity index (χ4n) is 3.00. The van der Waals surface area contributed by atoms with Gasteiger partial charge in [0, 0.05) is 25.1 Å². The molecular weight excluding hydrogens is 376 g/mol. The Bertz CT molecular complexity index is 1010. The Balaban J connectivity index is 1.87. The summed E-state index contributed by atoms with van der Waals surface area (Å²) in [6, 6.07) is 11.0. The number of carboxylic acids is 1. The van der Waals surface area contributed by atoms with Gasteiger partial charge >= 0.3 is 5.97 Å². The van der Waals surface area contributed by atoms with Crippen LogP contribution in [0.5, 0.6) is 0 Å². The SMILES string of the molecule is CCc1oc(C(=O)N(C)C(C)c2sc(-c3ccccc3)nc2C)cc1C(=O)O. The van der Waals surface area contributed by atoms with Crippen LogP contribution in [0.15, 0.2) is 40.8 Å². The third-order valence-corrected chi connectivity index (χ3v) is 6.08. The highest BCUT2D eigenvalue weighted by molar-refractivity contribution is 7.15. The van der Waals surface area contributed by atoms with E-state index in [0.717, 1.165) is 21.1 Å². The van der Waals surface area contributed by atoms with Crippen LogP contribution in [0.2, 0.25) is 0 Å². The number of thiazole rings is 1. The summed E-state index contributed by atoms with van der Waals surface area (Å²) in [6.45, 7) is 5.64. The first-order chi connectivity index (χ1) is 13.3. The summed E-state index contributed by atoms with van der Waals surface area (Å²) in [5.74, 6) is -1.11. The lowest BCUT2D eigenvalue weighted by Gasteiger charge is -2.23. The highest BCUT2D eigenvalue weighted by Gasteiger charge is 2.27. The molecule has 0 aliphatic heterocycles. The van der Waals surface area contributed by atoms with Crippen LogP contribution in [0.3, 0.4) is 0 Å². The van der Waals surface area contributed by atoms with E-state index in [4.69, 9.17) is 4.42 Å². The molecule has 7 heteroatoms. The second-order valence-electron chi connectivity index (χ2n) is 6.53. The van der Waals surface area contributed by atoms with E-state index >= 15 is 0 Å². The van der Waals surface area contributed by atoms with Crippen LogP contribution < -0.4 is 0 Å². The van der Waals surface area contributed by atoms with E-state index in [0.29, 0.717) is 12.2 Å². The lowest BCUT2D eigenvalue weighted by atomic mass is 10.2. The van der Waals surface area contributed by atoms with E-state index in [9.17, 15) is 14.7 Å². The minimum atomic E-state index is -1.10. The average Bonchev–Trinajstić information content (AvgIpc) is 3.31. The van der Waals surface area contributed by atoms with Gasteiger partial charge < -0.3 is 14.4 Å². The predicted octanol–water partition coefficient (Wildman–Crippen LogP) is 4.81. The van der Waals surface area contributed by atoms with Gasteiger partial charge in [-0.1, -0.05) is 37.3 Å².